The van der Waals surface area contributed by atoms with E-state index in [-0.39, 0.29) is 17.6 Å². The summed E-state index contributed by atoms with van der Waals surface area (Å²) in [6, 6.07) is 7.56. The Balaban J connectivity index is 1.57. The smallest absolute Gasteiger partial charge is 0.240 e. The summed E-state index contributed by atoms with van der Waals surface area (Å²) in [7, 11) is -1.56. The Kier molecular flexibility index (Phi) is 5.53. The second-order valence-electron chi connectivity index (χ2n) is 6.51. The van der Waals surface area contributed by atoms with E-state index in [1.807, 2.05) is 0 Å². The lowest BCUT2D eigenvalue weighted by Gasteiger charge is -2.34. The van der Waals surface area contributed by atoms with Crippen LogP contribution in [0, 0.1) is 0 Å². The van der Waals surface area contributed by atoms with Gasteiger partial charge in [-0.2, -0.15) is 0 Å². The summed E-state index contributed by atoms with van der Waals surface area (Å²) in [5.74, 6) is 0. The Morgan fingerprint density at radius 1 is 1.21 bits per heavy atom. The molecule has 0 spiro atoms. The number of rotatable bonds is 5. The largest absolute Gasteiger partial charge is 0.389 e. The summed E-state index contributed by atoms with van der Waals surface area (Å²) < 4.78 is 33.0. The molecule has 3 atom stereocenters. The van der Waals surface area contributed by atoms with Crippen molar-refractivity contribution < 1.29 is 18.3 Å². The second-order valence-corrected chi connectivity index (χ2v) is 8.22. The third-order valence-corrected chi connectivity index (χ3v) is 6.18. The molecule has 7 nitrogen and oxygen atoms in total. The van der Waals surface area contributed by atoms with E-state index in [9.17, 15) is 13.5 Å². The summed E-state index contributed by atoms with van der Waals surface area (Å²) >= 11 is 0. The molecule has 2 N–H and O–H groups in total. The zero-order chi connectivity index (χ0) is 17.2. The topological polar surface area (TPSA) is 82.1 Å². The average molecular weight is 355 g/mol. The van der Waals surface area contributed by atoms with E-state index in [0.717, 1.165) is 26.2 Å². The van der Waals surface area contributed by atoms with E-state index in [4.69, 9.17) is 4.74 Å². The van der Waals surface area contributed by atoms with Crippen molar-refractivity contribution in [2.75, 3.05) is 46.4 Å². The Labute approximate surface area is 143 Å². The molecule has 2 aliphatic heterocycles. The monoisotopic (exact) mass is 355 g/mol. The number of nitrogens with zero attached hydrogens (tertiary/aromatic N) is 2. The fourth-order valence-corrected chi connectivity index (χ4v) is 4.36. The highest BCUT2D eigenvalue weighted by molar-refractivity contribution is 7.89. The number of ether oxygens (including phenoxy) is 1. The number of piperazine rings is 1. The average Bonchev–Trinajstić information content (AvgIpc) is 2.90. The third kappa shape index (κ3) is 4.14. The number of benzene rings is 1. The molecule has 0 aromatic heterocycles. The van der Waals surface area contributed by atoms with Crippen molar-refractivity contribution in [3.8, 4) is 0 Å². The molecule has 0 bridgehead atoms. The maximum absolute atomic E-state index is 12.4. The van der Waals surface area contributed by atoms with Crippen LogP contribution in [-0.2, 0) is 14.8 Å². The van der Waals surface area contributed by atoms with Crippen molar-refractivity contribution in [3.05, 3.63) is 30.3 Å². The first-order valence-corrected chi connectivity index (χ1v) is 9.72. The predicted octanol–water partition coefficient (Wildman–Crippen LogP) is -0.659. The van der Waals surface area contributed by atoms with Gasteiger partial charge in [-0.15, -0.1) is 0 Å². The van der Waals surface area contributed by atoms with Gasteiger partial charge in [0.25, 0.3) is 0 Å². The molecule has 0 unspecified atom stereocenters. The number of likely N-dealkylation sites (N-methyl/N-ethyl adjacent to an activating group) is 1. The van der Waals surface area contributed by atoms with Gasteiger partial charge in [-0.1, -0.05) is 18.2 Å². The summed E-state index contributed by atoms with van der Waals surface area (Å²) in [5.41, 5.74) is 0. The first-order chi connectivity index (χ1) is 11.5. The van der Waals surface area contributed by atoms with Crippen molar-refractivity contribution in [1.82, 2.24) is 14.5 Å². The molecule has 0 saturated carbocycles. The molecule has 24 heavy (non-hydrogen) atoms. The molecule has 0 amide bonds. The quantitative estimate of drug-likeness (QED) is 0.730. The first kappa shape index (κ1) is 17.8. The molecule has 0 aliphatic carbocycles. The molecule has 2 heterocycles. The number of hydrogen-bond acceptors (Lipinski definition) is 6. The van der Waals surface area contributed by atoms with E-state index in [1.165, 1.54) is 12.1 Å². The van der Waals surface area contributed by atoms with Gasteiger partial charge in [0.1, 0.15) is 0 Å². The summed E-state index contributed by atoms with van der Waals surface area (Å²) in [6.45, 7) is 4.66. The van der Waals surface area contributed by atoms with Gasteiger partial charge in [0, 0.05) is 32.7 Å². The summed E-state index contributed by atoms with van der Waals surface area (Å²) in [6.07, 6.45) is -1.21. The van der Waals surface area contributed by atoms with Crippen molar-refractivity contribution in [2.24, 2.45) is 0 Å². The van der Waals surface area contributed by atoms with Crippen molar-refractivity contribution >= 4 is 10.0 Å². The maximum atomic E-state index is 12.4. The lowest BCUT2D eigenvalue weighted by Crippen LogP contribution is -2.50. The molecule has 8 heteroatoms. The molecule has 2 aliphatic rings. The zero-order valence-corrected chi connectivity index (χ0v) is 14.7. The highest BCUT2D eigenvalue weighted by Gasteiger charge is 2.39. The van der Waals surface area contributed by atoms with Crippen molar-refractivity contribution in [2.45, 2.75) is 23.1 Å². The number of aliphatic hydroxyl groups is 1. The third-order valence-electron chi connectivity index (χ3n) is 4.68. The Morgan fingerprint density at radius 2 is 1.88 bits per heavy atom. The van der Waals surface area contributed by atoms with Crippen LogP contribution < -0.4 is 4.72 Å². The number of sulfonamides is 1. The highest BCUT2D eigenvalue weighted by Crippen LogP contribution is 2.19. The van der Waals surface area contributed by atoms with Crippen LogP contribution in [0.25, 0.3) is 0 Å². The molecule has 2 saturated heterocycles. The highest BCUT2D eigenvalue weighted by atomic mass is 32.2. The van der Waals surface area contributed by atoms with Crippen LogP contribution in [0.1, 0.15) is 0 Å². The van der Waals surface area contributed by atoms with E-state index in [2.05, 4.69) is 21.6 Å². The molecule has 2 fully saturated rings. The lowest BCUT2D eigenvalue weighted by atomic mass is 10.1. The fourth-order valence-electron chi connectivity index (χ4n) is 3.10. The van der Waals surface area contributed by atoms with Crippen molar-refractivity contribution in [1.29, 1.82) is 0 Å². The Morgan fingerprint density at radius 3 is 2.54 bits per heavy atom. The lowest BCUT2D eigenvalue weighted by molar-refractivity contribution is 0.00636. The normalized spacial score (nSPS) is 29.8. The number of hydrogen-bond donors (Lipinski definition) is 2. The molecule has 1 aromatic carbocycles. The Bertz CT molecular complexity index is 632. The van der Waals surface area contributed by atoms with Crippen LogP contribution in [0.2, 0.25) is 0 Å². The van der Waals surface area contributed by atoms with Crippen LogP contribution in [0.4, 0.5) is 0 Å². The standard InChI is InChI=1S/C16H25N3O4S/c1-18-7-9-19(10-8-18)11-15-16(20)14(12-23-15)17-24(21,22)13-5-3-2-4-6-13/h2-6,14-17,20H,7-12H2,1H3/t14-,15-,16+/m0/s1. The van der Waals surface area contributed by atoms with Gasteiger partial charge in [0.05, 0.1) is 29.8 Å². The minimum Gasteiger partial charge on any atom is -0.389 e. The number of nitrogens with one attached hydrogen (secondary N) is 1. The SMILES string of the molecule is CN1CCN(C[C@@H]2OC[C@H](NS(=O)(=O)c3ccccc3)[C@H]2O)CC1. The molecule has 1 aromatic rings. The van der Waals surface area contributed by atoms with Gasteiger partial charge < -0.3 is 14.7 Å². The molecular weight excluding hydrogens is 330 g/mol. The van der Waals surface area contributed by atoms with E-state index < -0.39 is 22.2 Å². The second kappa shape index (κ2) is 7.47. The Hall–Kier alpha value is -1.03. The summed E-state index contributed by atoms with van der Waals surface area (Å²) in [5, 5.41) is 10.5. The van der Waals surface area contributed by atoms with Crippen LogP contribution >= 0.6 is 0 Å². The maximum Gasteiger partial charge on any atom is 0.240 e. The van der Waals surface area contributed by atoms with Gasteiger partial charge in [0.15, 0.2) is 0 Å². The van der Waals surface area contributed by atoms with Crippen LogP contribution in [0.15, 0.2) is 35.2 Å². The van der Waals surface area contributed by atoms with Gasteiger partial charge in [-0.05, 0) is 19.2 Å². The number of aliphatic hydroxyl groups excluding tert-OH is 1. The van der Waals surface area contributed by atoms with Crippen LogP contribution in [-0.4, -0.2) is 88.0 Å². The molecule has 0 radical (unpaired) electrons. The molecule has 134 valence electrons. The first-order valence-electron chi connectivity index (χ1n) is 8.24. The van der Waals surface area contributed by atoms with Crippen LogP contribution in [0.5, 0.6) is 0 Å². The summed E-state index contributed by atoms with van der Waals surface area (Å²) in [4.78, 5) is 4.71. The van der Waals surface area contributed by atoms with Gasteiger partial charge in [0.2, 0.25) is 10.0 Å². The van der Waals surface area contributed by atoms with Gasteiger partial charge in [-0.25, -0.2) is 13.1 Å². The predicted molar refractivity (Wildman–Crippen MR) is 90.2 cm³/mol. The van der Waals surface area contributed by atoms with Gasteiger partial charge in [-0.3, -0.25) is 4.90 Å². The molecule has 3 rings (SSSR count). The minimum atomic E-state index is -3.65. The minimum absolute atomic E-state index is 0.186. The van der Waals surface area contributed by atoms with E-state index in [0.29, 0.717) is 6.54 Å². The van der Waals surface area contributed by atoms with E-state index >= 15 is 0 Å². The van der Waals surface area contributed by atoms with Crippen LogP contribution in [0.3, 0.4) is 0 Å². The fraction of sp³-hybridized carbons (Fsp3) is 0.625. The zero-order valence-electron chi connectivity index (χ0n) is 13.8. The van der Waals surface area contributed by atoms with Gasteiger partial charge >= 0.3 is 0 Å². The van der Waals surface area contributed by atoms with E-state index in [1.54, 1.807) is 18.2 Å². The van der Waals surface area contributed by atoms with Crippen molar-refractivity contribution in [3.63, 3.8) is 0 Å². The molecular formula is C16H25N3O4S.